The van der Waals surface area contributed by atoms with E-state index in [9.17, 15) is 4.79 Å². The summed E-state index contributed by atoms with van der Waals surface area (Å²) in [6, 6.07) is 5.33. The molecular weight excluding hydrogens is 432 g/mol. The maximum atomic E-state index is 12.5. The molecule has 0 bridgehead atoms. The summed E-state index contributed by atoms with van der Waals surface area (Å²) in [4.78, 5) is 12.5. The third-order valence-corrected chi connectivity index (χ3v) is 9.66. The number of rotatable bonds is 9. The van der Waals surface area contributed by atoms with Crippen molar-refractivity contribution in [2.75, 3.05) is 11.5 Å². The maximum Gasteiger partial charge on any atom is 0.310 e. The van der Waals surface area contributed by atoms with Crippen molar-refractivity contribution in [3.05, 3.63) is 23.8 Å². The Balaban J connectivity index is 1.12. The minimum absolute atomic E-state index is 0.0843. The van der Waals surface area contributed by atoms with E-state index in [0.717, 1.165) is 48.0 Å². The van der Waals surface area contributed by atoms with Gasteiger partial charge in [-0.3, -0.25) is 4.79 Å². The van der Waals surface area contributed by atoms with Gasteiger partial charge in [0.25, 0.3) is 0 Å². The molecule has 3 aliphatic carbocycles. The molecule has 0 unspecified atom stereocenters. The Morgan fingerprint density at radius 2 is 1.23 bits per heavy atom. The van der Waals surface area contributed by atoms with Gasteiger partial charge in [0.05, 0.1) is 6.42 Å². The molecule has 0 radical (unpaired) electrons. The molecule has 4 N–H and O–H groups in total. The quantitative estimate of drug-likeness (QED) is 0.215. The van der Waals surface area contributed by atoms with E-state index < -0.39 is 0 Å². The highest BCUT2D eigenvalue weighted by Gasteiger charge is 2.35. The van der Waals surface area contributed by atoms with Gasteiger partial charge in [-0.15, -0.1) is 0 Å². The minimum atomic E-state index is -0.154. The molecule has 4 heteroatoms. The normalized spacial score (nSPS) is 31.7. The van der Waals surface area contributed by atoms with E-state index in [0.29, 0.717) is 11.4 Å². The number of unbranched alkanes of at least 4 members (excludes halogenated alkanes) is 2. The number of hydrogen-bond acceptors (Lipinski definition) is 4. The van der Waals surface area contributed by atoms with Crippen LogP contribution in [0.25, 0.3) is 0 Å². The largest absolute Gasteiger partial charge is 0.462 e. The summed E-state index contributed by atoms with van der Waals surface area (Å²) in [5, 5.41) is 0. The predicted molar refractivity (Wildman–Crippen MR) is 146 cm³/mol. The van der Waals surface area contributed by atoms with Crippen LogP contribution >= 0.6 is 0 Å². The number of anilines is 2. The second-order valence-electron chi connectivity index (χ2n) is 12.2. The Labute approximate surface area is 213 Å². The van der Waals surface area contributed by atoms with Crippen LogP contribution in [-0.2, 0) is 16.0 Å². The first-order chi connectivity index (χ1) is 17.0. The van der Waals surface area contributed by atoms with Crippen LogP contribution in [0.1, 0.15) is 115 Å². The number of benzene rings is 1. The van der Waals surface area contributed by atoms with Crippen molar-refractivity contribution in [1.29, 1.82) is 0 Å². The van der Waals surface area contributed by atoms with Crippen molar-refractivity contribution in [1.82, 2.24) is 0 Å². The molecule has 0 heterocycles. The lowest BCUT2D eigenvalue weighted by atomic mass is 9.65. The SMILES string of the molecule is CCCCCC1CCC(C2CCC(C3CCC(OC(=O)Cc4cc(N)cc(N)c4)CC3)CC2)CC1. The van der Waals surface area contributed by atoms with E-state index in [4.69, 9.17) is 16.2 Å². The van der Waals surface area contributed by atoms with E-state index >= 15 is 0 Å². The van der Waals surface area contributed by atoms with Crippen LogP contribution in [0.5, 0.6) is 0 Å². The minimum Gasteiger partial charge on any atom is -0.462 e. The Morgan fingerprint density at radius 1 is 0.743 bits per heavy atom. The highest BCUT2D eigenvalue weighted by atomic mass is 16.5. The van der Waals surface area contributed by atoms with Gasteiger partial charge in [-0.2, -0.15) is 0 Å². The predicted octanol–water partition coefficient (Wildman–Crippen LogP) is 7.69. The van der Waals surface area contributed by atoms with E-state index in [1.807, 2.05) is 12.1 Å². The molecule has 3 fully saturated rings. The third-order valence-electron chi connectivity index (χ3n) is 9.66. The number of ether oxygens (including phenoxy) is 1. The van der Waals surface area contributed by atoms with Crippen LogP contribution in [0, 0.1) is 29.6 Å². The summed E-state index contributed by atoms with van der Waals surface area (Å²) in [5.41, 5.74) is 13.7. The molecule has 0 amide bonds. The van der Waals surface area contributed by atoms with Gasteiger partial charge in [0.2, 0.25) is 0 Å². The number of carbonyl (C=O) groups is 1. The fourth-order valence-electron chi connectivity index (χ4n) is 7.64. The summed E-state index contributed by atoms with van der Waals surface area (Å²) in [5.74, 6) is 4.64. The van der Waals surface area contributed by atoms with Gasteiger partial charge in [0, 0.05) is 11.4 Å². The second kappa shape index (κ2) is 13.0. The molecule has 0 saturated heterocycles. The summed E-state index contributed by atoms with van der Waals surface area (Å²) in [6.45, 7) is 2.31. The summed E-state index contributed by atoms with van der Waals surface area (Å²) in [7, 11) is 0. The lowest BCUT2D eigenvalue weighted by Gasteiger charge is -2.41. The molecule has 3 aliphatic rings. The third kappa shape index (κ3) is 7.89. The number of hydrogen-bond donors (Lipinski definition) is 2. The second-order valence-corrected chi connectivity index (χ2v) is 12.2. The lowest BCUT2D eigenvalue weighted by Crippen LogP contribution is -2.32. The summed E-state index contributed by atoms with van der Waals surface area (Å²) in [6.07, 6.45) is 22.4. The van der Waals surface area contributed by atoms with Crippen molar-refractivity contribution in [2.24, 2.45) is 29.6 Å². The van der Waals surface area contributed by atoms with Crippen LogP contribution in [0.2, 0.25) is 0 Å². The van der Waals surface area contributed by atoms with E-state index in [1.165, 1.54) is 89.9 Å². The fourth-order valence-corrected chi connectivity index (χ4v) is 7.64. The van der Waals surface area contributed by atoms with Gasteiger partial charge >= 0.3 is 5.97 Å². The number of nitrogen functional groups attached to an aromatic ring is 2. The van der Waals surface area contributed by atoms with Gasteiger partial charge in [0.15, 0.2) is 0 Å². The average Bonchev–Trinajstić information content (AvgIpc) is 2.85. The number of carbonyl (C=O) groups excluding carboxylic acids is 1. The number of esters is 1. The van der Waals surface area contributed by atoms with Gasteiger partial charge < -0.3 is 16.2 Å². The van der Waals surface area contributed by atoms with Gasteiger partial charge in [-0.25, -0.2) is 0 Å². The smallest absolute Gasteiger partial charge is 0.310 e. The Morgan fingerprint density at radius 3 is 1.74 bits per heavy atom. The molecule has 3 saturated carbocycles. The maximum absolute atomic E-state index is 12.5. The standard InChI is InChI=1S/C31H50N2O2/c1-2-3-4-5-22-6-8-24(9-7-22)25-10-12-26(13-11-25)27-14-16-30(17-15-27)35-31(34)20-23-18-28(32)21-29(33)19-23/h18-19,21-22,24-27,30H,2-17,20,32-33H2,1H3. The van der Waals surface area contributed by atoms with Crippen molar-refractivity contribution in [3.63, 3.8) is 0 Å². The molecule has 35 heavy (non-hydrogen) atoms. The number of nitrogens with two attached hydrogens (primary N) is 2. The average molecular weight is 483 g/mol. The molecule has 1 aromatic carbocycles. The topological polar surface area (TPSA) is 78.3 Å². The lowest BCUT2D eigenvalue weighted by molar-refractivity contribution is -0.150. The molecule has 0 spiro atoms. The van der Waals surface area contributed by atoms with Crippen LogP contribution in [0.4, 0.5) is 11.4 Å². The molecule has 0 atom stereocenters. The molecular formula is C31H50N2O2. The highest BCUT2D eigenvalue weighted by molar-refractivity contribution is 5.74. The van der Waals surface area contributed by atoms with Gasteiger partial charge in [0.1, 0.15) is 6.10 Å². The molecule has 196 valence electrons. The zero-order valence-electron chi connectivity index (χ0n) is 22.2. The fraction of sp³-hybridized carbons (Fsp3) is 0.774. The molecule has 1 aromatic rings. The molecule has 0 aliphatic heterocycles. The zero-order valence-corrected chi connectivity index (χ0v) is 22.2. The zero-order chi connectivity index (χ0) is 24.6. The highest BCUT2D eigenvalue weighted by Crippen LogP contribution is 2.46. The first-order valence-corrected chi connectivity index (χ1v) is 14.8. The van der Waals surface area contributed by atoms with Crippen molar-refractivity contribution in [3.8, 4) is 0 Å². The van der Waals surface area contributed by atoms with Crippen molar-refractivity contribution < 1.29 is 9.53 Å². The van der Waals surface area contributed by atoms with Crippen LogP contribution in [-0.4, -0.2) is 12.1 Å². The van der Waals surface area contributed by atoms with Gasteiger partial charge in [-0.05, 0) is 118 Å². The monoisotopic (exact) mass is 482 g/mol. The van der Waals surface area contributed by atoms with Crippen LogP contribution in [0.15, 0.2) is 18.2 Å². The molecule has 0 aromatic heterocycles. The van der Waals surface area contributed by atoms with Crippen molar-refractivity contribution in [2.45, 2.75) is 122 Å². The Kier molecular flexibility index (Phi) is 9.80. The van der Waals surface area contributed by atoms with Gasteiger partial charge in [-0.1, -0.05) is 45.4 Å². The van der Waals surface area contributed by atoms with Crippen LogP contribution in [0.3, 0.4) is 0 Å². The Bertz CT molecular complexity index is 765. The summed E-state index contributed by atoms with van der Waals surface area (Å²) >= 11 is 0. The first-order valence-electron chi connectivity index (χ1n) is 14.8. The van der Waals surface area contributed by atoms with Crippen LogP contribution < -0.4 is 11.5 Å². The molecule has 4 nitrogen and oxygen atoms in total. The van der Waals surface area contributed by atoms with E-state index in [1.54, 1.807) is 6.07 Å². The summed E-state index contributed by atoms with van der Waals surface area (Å²) < 4.78 is 5.83. The molecule has 4 rings (SSSR count). The van der Waals surface area contributed by atoms with E-state index in [2.05, 4.69) is 6.92 Å². The van der Waals surface area contributed by atoms with Crippen molar-refractivity contribution >= 4 is 17.3 Å². The Hall–Kier alpha value is -1.71. The first kappa shape index (κ1) is 26.4. The van der Waals surface area contributed by atoms with E-state index in [-0.39, 0.29) is 18.5 Å².